The average molecular weight is 177 g/mol. The van der Waals surface area contributed by atoms with Crippen LogP contribution in [0.25, 0.3) is 0 Å². The summed E-state index contributed by atoms with van der Waals surface area (Å²) in [5.41, 5.74) is 1.23. The van der Waals surface area contributed by atoms with Crippen LogP contribution >= 0.6 is 23.4 Å². The van der Waals surface area contributed by atoms with Crippen LogP contribution in [0.4, 0.5) is 0 Å². The molecule has 0 aromatic rings. The van der Waals surface area contributed by atoms with Crippen molar-refractivity contribution < 1.29 is 0 Å². The van der Waals surface area contributed by atoms with Gasteiger partial charge in [0.2, 0.25) is 0 Å². The minimum Gasteiger partial charge on any atom is -0.156 e. The van der Waals surface area contributed by atoms with Gasteiger partial charge in [-0.1, -0.05) is 23.8 Å². The first kappa shape index (κ1) is 10.1. The van der Waals surface area contributed by atoms with Gasteiger partial charge in [0.1, 0.15) is 0 Å². The van der Waals surface area contributed by atoms with Crippen molar-refractivity contribution in [2.45, 2.75) is 13.3 Å². The van der Waals surface area contributed by atoms with Gasteiger partial charge in [-0.3, -0.25) is 0 Å². The van der Waals surface area contributed by atoms with Gasteiger partial charge in [0, 0.05) is 10.8 Å². The van der Waals surface area contributed by atoms with E-state index in [0.717, 1.165) is 23.0 Å². The van der Waals surface area contributed by atoms with Crippen LogP contribution < -0.4 is 0 Å². The summed E-state index contributed by atoms with van der Waals surface area (Å²) < 4.78 is 0. The minimum atomic E-state index is 0.728. The predicted molar refractivity (Wildman–Crippen MR) is 51.7 cm³/mol. The molecule has 0 aromatic heterocycles. The zero-order chi connectivity index (χ0) is 7.98. The van der Waals surface area contributed by atoms with Crippen LogP contribution in [0.1, 0.15) is 13.3 Å². The molecule has 0 aliphatic carbocycles. The zero-order valence-electron chi connectivity index (χ0n) is 6.32. The second-order valence-electron chi connectivity index (χ2n) is 2.28. The Morgan fingerprint density at radius 3 is 2.50 bits per heavy atom. The molecule has 0 aromatic carbocycles. The van der Waals surface area contributed by atoms with Gasteiger partial charge in [-0.05, 0) is 19.1 Å². The van der Waals surface area contributed by atoms with Crippen molar-refractivity contribution in [1.29, 1.82) is 0 Å². The number of hydrogen-bond acceptors (Lipinski definition) is 1. The molecule has 0 nitrogen and oxygen atoms in total. The highest BCUT2D eigenvalue weighted by atomic mass is 35.5. The SMILES string of the molecule is C=C(C)CCSCC(=C)Cl. The summed E-state index contributed by atoms with van der Waals surface area (Å²) >= 11 is 7.35. The van der Waals surface area contributed by atoms with Crippen molar-refractivity contribution in [3.63, 3.8) is 0 Å². The Kier molecular flexibility index (Phi) is 5.94. The van der Waals surface area contributed by atoms with Crippen LogP contribution in [0, 0.1) is 0 Å². The Bertz CT molecular complexity index is 113. The molecule has 0 N–H and O–H groups in total. The van der Waals surface area contributed by atoms with Gasteiger partial charge < -0.3 is 0 Å². The number of halogens is 1. The molecule has 0 heterocycles. The second kappa shape index (κ2) is 5.87. The highest BCUT2D eigenvalue weighted by Gasteiger charge is 1.90. The van der Waals surface area contributed by atoms with Gasteiger partial charge in [0.05, 0.1) is 0 Å². The first-order chi connectivity index (χ1) is 4.63. The summed E-state index contributed by atoms with van der Waals surface area (Å²) in [6.07, 6.45) is 1.08. The fourth-order valence-electron chi connectivity index (χ4n) is 0.429. The van der Waals surface area contributed by atoms with Gasteiger partial charge >= 0.3 is 0 Å². The second-order valence-corrected chi connectivity index (χ2v) is 3.92. The topological polar surface area (TPSA) is 0 Å². The maximum absolute atomic E-state index is 5.56. The molecule has 0 saturated carbocycles. The van der Waals surface area contributed by atoms with Gasteiger partial charge in [-0.15, -0.1) is 6.58 Å². The third kappa shape index (κ3) is 8.12. The Morgan fingerprint density at radius 1 is 1.50 bits per heavy atom. The van der Waals surface area contributed by atoms with Crippen molar-refractivity contribution in [2.75, 3.05) is 11.5 Å². The fraction of sp³-hybridized carbons (Fsp3) is 0.500. The van der Waals surface area contributed by atoms with Crippen LogP contribution in [0.5, 0.6) is 0 Å². The predicted octanol–water partition coefficient (Wildman–Crippen LogP) is 3.44. The summed E-state index contributed by atoms with van der Waals surface area (Å²) in [6.45, 7) is 9.43. The van der Waals surface area contributed by atoms with Gasteiger partial charge in [0.15, 0.2) is 0 Å². The normalized spacial score (nSPS) is 9.40. The van der Waals surface area contributed by atoms with Crippen LogP contribution in [-0.4, -0.2) is 11.5 Å². The van der Waals surface area contributed by atoms with Crippen molar-refractivity contribution in [3.05, 3.63) is 23.8 Å². The molecular weight excluding hydrogens is 164 g/mol. The molecule has 0 bridgehead atoms. The first-order valence-electron chi connectivity index (χ1n) is 3.18. The Hall–Kier alpha value is 0.120. The third-order valence-corrected chi connectivity index (χ3v) is 2.27. The van der Waals surface area contributed by atoms with E-state index in [1.807, 2.05) is 6.92 Å². The van der Waals surface area contributed by atoms with E-state index < -0.39 is 0 Å². The summed E-state index contributed by atoms with van der Waals surface area (Å²) in [6, 6.07) is 0. The molecule has 0 rings (SSSR count). The molecule has 10 heavy (non-hydrogen) atoms. The zero-order valence-corrected chi connectivity index (χ0v) is 7.89. The molecule has 0 aliphatic rings. The number of allylic oxidation sites excluding steroid dienone is 1. The van der Waals surface area contributed by atoms with Crippen molar-refractivity contribution >= 4 is 23.4 Å². The van der Waals surface area contributed by atoms with Gasteiger partial charge in [0.25, 0.3) is 0 Å². The van der Waals surface area contributed by atoms with Crippen LogP contribution in [-0.2, 0) is 0 Å². The lowest BCUT2D eigenvalue weighted by Crippen LogP contribution is -1.83. The smallest absolute Gasteiger partial charge is 0.0286 e. The molecule has 0 fully saturated rings. The van der Waals surface area contributed by atoms with Gasteiger partial charge in [-0.25, -0.2) is 0 Å². The molecular formula is C8H13ClS. The van der Waals surface area contributed by atoms with Crippen LogP contribution in [0.15, 0.2) is 23.8 Å². The standard InChI is InChI=1S/C8H13ClS/c1-7(2)4-5-10-6-8(3)9/h1,3-6H2,2H3. The highest BCUT2D eigenvalue weighted by Crippen LogP contribution is 2.12. The van der Waals surface area contributed by atoms with E-state index in [9.17, 15) is 0 Å². The Labute approximate surface area is 72.3 Å². The van der Waals surface area contributed by atoms with E-state index in [2.05, 4.69) is 13.2 Å². The average Bonchev–Trinajstić information content (AvgIpc) is 1.79. The monoisotopic (exact) mass is 176 g/mol. The first-order valence-corrected chi connectivity index (χ1v) is 4.71. The highest BCUT2D eigenvalue weighted by molar-refractivity contribution is 7.99. The van der Waals surface area contributed by atoms with Crippen molar-refractivity contribution in [2.24, 2.45) is 0 Å². The molecule has 0 amide bonds. The minimum absolute atomic E-state index is 0.728. The summed E-state index contributed by atoms with van der Waals surface area (Å²) in [5, 5.41) is 0.728. The maximum Gasteiger partial charge on any atom is 0.0286 e. The largest absolute Gasteiger partial charge is 0.156 e. The lowest BCUT2D eigenvalue weighted by Gasteiger charge is -1.98. The number of thioether (sulfide) groups is 1. The Balaban J connectivity index is 3.06. The van der Waals surface area contributed by atoms with Crippen molar-refractivity contribution in [1.82, 2.24) is 0 Å². The van der Waals surface area contributed by atoms with Crippen LogP contribution in [0.3, 0.4) is 0 Å². The Morgan fingerprint density at radius 2 is 2.10 bits per heavy atom. The van der Waals surface area contributed by atoms with E-state index >= 15 is 0 Å². The molecule has 0 aliphatic heterocycles. The van der Waals surface area contributed by atoms with Crippen LogP contribution in [0.2, 0.25) is 0 Å². The van der Waals surface area contributed by atoms with E-state index in [1.54, 1.807) is 11.8 Å². The maximum atomic E-state index is 5.56. The third-order valence-electron chi connectivity index (χ3n) is 0.932. The molecule has 58 valence electrons. The van der Waals surface area contributed by atoms with E-state index in [1.165, 1.54) is 5.57 Å². The van der Waals surface area contributed by atoms with E-state index in [0.29, 0.717) is 0 Å². The summed E-state index contributed by atoms with van der Waals surface area (Å²) in [4.78, 5) is 0. The quantitative estimate of drug-likeness (QED) is 0.457. The van der Waals surface area contributed by atoms with E-state index in [-0.39, 0.29) is 0 Å². The van der Waals surface area contributed by atoms with Crippen molar-refractivity contribution in [3.8, 4) is 0 Å². The number of hydrogen-bond donors (Lipinski definition) is 0. The summed E-state index contributed by atoms with van der Waals surface area (Å²) in [7, 11) is 0. The molecule has 0 unspecified atom stereocenters. The lowest BCUT2D eigenvalue weighted by atomic mass is 10.3. The summed E-state index contributed by atoms with van der Waals surface area (Å²) in [5.74, 6) is 1.95. The lowest BCUT2D eigenvalue weighted by molar-refractivity contribution is 1.13. The molecule has 2 heteroatoms. The molecule has 0 saturated heterocycles. The fourth-order valence-corrected chi connectivity index (χ4v) is 1.52. The molecule has 0 spiro atoms. The molecule has 0 radical (unpaired) electrons. The number of rotatable bonds is 5. The molecule has 0 atom stereocenters. The van der Waals surface area contributed by atoms with Gasteiger partial charge in [-0.2, -0.15) is 11.8 Å². The van der Waals surface area contributed by atoms with E-state index in [4.69, 9.17) is 11.6 Å².